The summed E-state index contributed by atoms with van der Waals surface area (Å²) in [6.07, 6.45) is 0. The highest BCUT2D eigenvalue weighted by Crippen LogP contribution is 2.32. The molecule has 0 amide bonds. The van der Waals surface area contributed by atoms with Crippen LogP contribution < -0.4 is 4.90 Å². The van der Waals surface area contributed by atoms with Gasteiger partial charge in [-0.3, -0.25) is 0 Å². The lowest BCUT2D eigenvalue weighted by Gasteiger charge is -2.21. The quantitative estimate of drug-likeness (QED) is 0.226. The lowest BCUT2D eigenvalue weighted by atomic mass is 9.99. The monoisotopic (exact) mass is 487 g/mol. The highest BCUT2D eigenvalue weighted by molar-refractivity contribution is 5.77. The number of hydrogen-bond donors (Lipinski definition) is 0. The van der Waals surface area contributed by atoms with E-state index in [1.807, 2.05) is 0 Å². The third-order valence-corrected chi connectivity index (χ3v) is 7.12. The number of anilines is 2. The fourth-order valence-electron chi connectivity index (χ4n) is 4.91. The molecular weight excluding hydrogens is 458 g/mol. The van der Waals surface area contributed by atoms with Gasteiger partial charge in [0.25, 0.3) is 0 Å². The molecule has 0 saturated heterocycles. The minimum Gasteiger partial charge on any atom is -0.345 e. The van der Waals surface area contributed by atoms with Crippen LogP contribution in [0.3, 0.4) is 0 Å². The Morgan fingerprint density at radius 3 is 0.947 bits per heavy atom. The van der Waals surface area contributed by atoms with E-state index in [1.54, 1.807) is 0 Å². The van der Waals surface area contributed by atoms with E-state index >= 15 is 0 Å². The van der Waals surface area contributed by atoms with Crippen LogP contribution in [0, 0.1) is 0 Å². The first kappa shape index (κ1) is 23.5. The molecule has 182 valence electrons. The van der Waals surface area contributed by atoms with Crippen molar-refractivity contribution in [2.75, 3.05) is 11.9 Å². The van der Waals surface area contributed by atoms with E-state index in [2.05, 4.69) is 170 Å². The van der Waals surface area contributed by atoms with Gasteiger partial charge < -0.3 is 4.90 Å². The van der Waals surface area contributed by atoms with Crippen molar-refractivity contribution in [1.29, 1.82) is 0 Å². The van der Waals surface area contributed by atoms with E-state index in [0.717, 1.165) is 11.4 Å². The number of hydrogen-bond acceptors (Lipinski definition) is 1. The zero-order chi connectivity index (χ0) is 25.7. The molecule has 38 heavy (non-hydrogen) atoms. The molecule has 0 aliphatic carbocycles. The molecule has 0 N–H and O–H groups in total. The molecule has 1 nitrogen and oxygen atoms in total. The summed E-state index contributed by atoms with van der Waals surface area (Å²) in [5.74, 6) is 0. The van der Waals surface area contributed by atoms with Crippen LogP contribution in [-0.4, -0.2) is 7.05 Å². The fourth-order valence-corrected chi connectivity index (χ4v) is 4.91. The van der Waals surface area contributed by atoms with E-state index in [4.69, 9.17) is 0 Å². The van der Waals surface area contributed by atoms with Gasteiger partial charge in [-0.15, -0.1) is 0 Å². The van der Waals surface area contributed by atoms with Crippen molar-refractivity contribution < 1.29 is 0 Å². The molecule has 0 atom stereocenters. The average Bonchev–Trinajstić information content (AvgIpc) is 3.02. The Hall–Kier alpha value is -4.88. The Kier molecular flexibility index (Phi) is 6.57. The van der Waals surface area contributed by atoms with Crippen molar-refractivity contribution in [3.8, 4) is 44.5 Å². The van der Waals surface area contributed by atoms with Crippen molar-refractivity contribution >= 4 is 11.4 Å². The summed E-state index contributed by atoms with van der Waals surface area (Å²) in [4.78, 5) is 2.25. The number of nitrogens with zero attached hydrogens (tertiary/aromatic N) is 1. The Labute approximate surface area is 225 Å². The molecule has 0 spiro atoms. The predicted molar refractivity (Wildman–Crippen MR) is 163 cm³/mol. The summed E-state index contributed by atoms with van der Waals surface area (Å²) < 4.78 is 0. The largest absolute Gasteiger partial charge is 0.345 e. The topological polar surface area (TPSA) is 3.24 Å². The minimum atomic E-state index is 1.16. The van der Waals surface area contributed by atoms with Gasteiger partial charge in [-0.2, -0.15) is 0 Å². The minimum absolute atomic E-state index is 1.16. The lowest BCUT2D eigenvalue weighted by Crippen LogP contribution is -2.09. The van der Waals surface area contributed by atoms with Gasteiger partial charge in [-0.25, -0.2) is 0 Å². The van der Waals surface area contributed by atoms with Crippen LogP contribution in [0.1, 0.15) is 0 Å². The second-order valence-electron chi connectivity index (χ2n) is 9.55. The second kappa shape index (κ2) is 10.6. The van der Waals surface area contributed by atoms with Crippen molar-refractivity contribution in [3.63, 3.8) is 0 Å². The Balaban J connectivity index is 1.23. The molecule has 0 aromatic heterocycles. The van der Waals surface area contributed by atoms with Gasteiger partial charge in [-0.1, -0.05) is 133 Å². The Bertz CT molecular complexity index is 1510. The second-order valence-corrected chi connectivity index (χ2v) is 9.55. The Morgan fingerprint density at radius 2 is 0.579 bits per heavy atom. The summed E-state index contributed by atoms with van der Waals surface area (Å²) in [6.45, 7) is 0. The van der Waals surface area contributed by atoms with Crippen molar-refractivity contribution in [2.45, 2.75) is 0 Å². The zero-order valence-electron chi connectivity index (χ0n) is 21.5. The molecule has 6 aromatic carbocycles. The van der Waals surface area contributed by atoms with E-state index in [0.29, 0.717) is 0 Å². The molecule has 0 unspecified atom stereocenters. The maximum atomic E-state index is 2.26. The third kappa shape index (κ3) is 5.00. The van der Waals surface area contributed by atoms with Crippen molar-refractivity contribution in [2.24, 2.45) is 0 Å². The normalized spacial score (nSPS) is 10.8. The van der Waals surface area contributed by atoms with Crippen LogP contribution in [0.15, 0.2) is 158 Å². The first-order valence-electron chi connectivity index (χ1n) is 13.0. The molecule has 0 heterocycles. The zero-order valence-corrected chi connectivity index (χ0v) is 21.5. The fraction of sp³-hybridized carbons (Fsp3) is 0.0270. The predicted octanol–water partition coefficient (Wildman–Crippen LogP) is 10.1. The first-order valence-corrected chi connectivity index (χ1v) is 13.0. The lowest BCUT2D eigenvalue weighted by molar-refractivity contribution is 1.21. The van der Waals surface area contributed by atoms with E-state index in [-0.39, 0.29) is 0 Å². The van der Waals surface area contributed by atoms with Crippen molar-refractivity contribution in [3.05, 3.63) is 158 Å². The molecule has 6 aromatic rings. The molecule has 0 aliphatic rings. The maximum absolute atomic E-state index is 2.26. The third-order valence-electron chi connectivity index (χ3n) is 7.12. The molecule has 0 bridgehead atoms. The average molecular weight is 488 g/mol. The highest BCUT2D eigenvalue weighted by atomic mass is 15.1. The van der Waals surface area contributed by atoms with E-state index < -0.39 is 0 Å². The summed E-state index contributed by atoms with van der Waals surface area (Å²) in [5.41, 5.74) is 12.1. The summed E-state index contributed by atoms with van der Waals surface area (Å²) in [7, 11) is 2.13. The summed E-state index contributed by atoms with van der Waals surface area (Å²) >= 11 is 0. The van der Waals surface area contributed by atoms with Gasteiger partial charge in [-0.05, 0) is 68.8 Å². The van der Waals surface area contributed by atoms with Crippen LogP contribution in [0.2, 0.25) is 0 Å². The summed E-state index contributed by atoms with van der Waals surface area (Å²) in [6, 6.07) is 56.2. The van der Waals surface area contributed by atoms with Crippen LogP contribution in [0.4, 0.5) is 11.4 Å². The van der Waals surface area contributed by atoms with Crippen LogP contribution in [0.5, 0.6) is 0 Å². The van der Waals surface area contributed by atoms with Gasteiger partial charge >= 0.3 is 0 Å². The molecule has 0 aliphatic heterocycles. The summed E-state index contributed by atoms with van der Waals surface area (Å²) in [5, 5.41) is 0. The highest BCUT2D eigenvalue weighted by Gasteiger charge is 2.09. The van der Waals surface area contributed by atoms with Crippen LogP contribution >= 0.6 is 0 Å². The van der Waals surface area contributed by atoms with Gasteiger partial charge in [0.15, 0.2) is 0 Å². The van der Waals surface area contributed by atoms with Gasteiger partial charge in [0.05, 0.1) is 0 Å². The van der Waals surface area contributed by atoms with Crippen molar-refractivity contribution in [1.82, 2.24) is 0 Å². The molecule has 6 rings (SSSR count). The van der Waals surface area contributed by atoms with E-state index in [1.165, 1.54) is 44.5 Å². The maximum Gasteiger partial charge on any atom is 0.0414 e. The molecular formula is C37H29N. The molecule has 0 fully saturated rings. The molecule has 1 heteroatoms. The first-order chi connectivity index (χ1) is 18.7. The van der Waals surface area contributed by atoms with Gasteiger partial charge in [0.1, 0.15) is 0 Å². The molecule has 0 radical (unpaired) electrons. The molecule has 0 saturated carbocycles. The smallest absolute Gasteiger partial charge is 0.0414 e. The van der Waals surface area contributed by atoms with Crippen LogP contribution in [-0.2, 0) is 0 Å². The Morgan fingerprint density at radius 1 is 0.289 bits per heavy atom. The SMILES string of the molecule is CN(c1cccc(-c2ccc(-c3ccccc3)cc2)c1)c1cccc(-c2ccc(-c3ccccc3)cc2)c1. The standard InChI is InChI=1S/C37H29N/c1-38(36-16-8-14-34(26-36)32-22-18-30(19-23-32)28-10-4-2-5-11-28)37-17-9-15-35(27-37)33-24-20-31(21-25-33)29-12-6-3-7-13-29/h2-27H,1H3. The van der Waals surface area contributed by atoms with Crippen LogP contribution in [0.25, 0.3) is 44.5 Å². The number of benzene rings is 6. The van der Waals surface area contributed by atoms with Gasteiger partial charge in [0, 0.05) is 18.4 Å². The number of rotatable bonds is 6. The van der Waals surface area contributed by atoms with E-state index in [9.17, 15) is 0 Å². The van der Waals surface area contributed by atoms with Gasteiger partial charge in [0.2, 0.25) is 0 Å².